The van der Waals surface area contributed by atoms with E-state index in [1.165, 1.54) is 23.2 Å². The van der Waals surface area contributed by atoms with Crippen LogP contribution in [0.15, 0.2) is 24.4 Å². The quantitative estimate of drug-likeness (QED) is 0.901. The van der Waals surface area contributed by atoms with Gasteiger partial charge in [0.25, 0.3) is 0 Å². The molecule has 1 N–H and O–H groups in total. The Hall–Kier alpha value is -1.48. The van der Waals surface area contributed by atoms with Crippen LogP contribution in [-0.4, -0.2) is 16.3 Å². The van der Waals surface area contributed by atoms with Gasteiger partial charge in [-0.2, -0.15) is 5.10 Å². The van der Waals surface area contributed by atoms with Crippen molar-refractivity contribution in [3.05, 3.63) is 46.2 Å². The molecule has 0 bridgehead atoms. The van der Waals surface area contributed by atoms with Crippen molar-refractivity contribution in [2.24, 2.45) is 7.05 Å². The van der Waals surface area contributed by atoms with Crippen molar-refractivity contribution >= 4 is 17.3 Å². The van der Waals surface area contributed by atoms with Crippen LogP contribution in [0.2, 0.25) is 5.02 Å². The predicted octanol–water partition coefficient (Wildman–Crippen LogP) is 3.02. The lowest BCUT2D eigenvalue weighted by Gasteiger charge is -2.18. The third-order valence-electron chi connectivity index (χ3n) is 3.49. The molecule has 3 rings (SSSR count). The zero-order chi connectivity index (χ0) is 12.5. The Bertz CT molecular complexity index is 555. The van der Waals surface area contributed by atoms with Crippen molar-refractivity contribution in [2.75, 3.05) is 11.9 Å². The molecule has 0 saturated carbocycles. The molecule has 0 aliphatic carbocycles. The van der Waals surface area contributed by atoms with E-state index in [2.05, 4.69) is 28.6 Å². The maximum absolute atomic E-state index is 6.14. The monoisotopic (exact) mass is 261 g/mol. The summed E-state index contributed by atoms with van der Waals surface area (Å²) in [5, 5.41) is 8.34. The molecule has 1 aromatic carbocycles. The molecule has 4 heteroatoms. The molecule has 3 nitrogen and oxygen atoms in total. The fourth-order valence-electron chi connectivity index (χ4n) is 2.47. The van der Waals surface area contributed by atoms with Crippen LogP contribution in [0.5, 0.6) is 0 Å². The smallest absolute Gasteiger partial charge is 0.0821 e. The molecular formula is C14H16ClN3. The zero-order valence-corrected chi connectivity index (χ0v) is 11.2. The van der Waals surface area contributed by atoms with E-state index < -0.39 is 0 Å². The molecule has 0 atom stereocenters. The van der Waals surface area contributed by atoms with Crippen molar-refractivity contribution in [3.63, 3.8) is 0 Å². The lowest BCUT2D eigenvalue weighted by molar-refractivity contribution is 0.724. The van der Waals surface area contributed by atoms with E-state index in [1.807, 2.05) is 11.7 Å². The summed E-state index contributed by atoms with van der Waals surface area (Å²) in [7, 11) is 1.93. The molecular weight excluding hydrogens is 246 g/mol. The molecule has 0 radical (unpaired) electrons. The third kappa shape index (κ3) is 2.10. The second-order valence-electron chi connectivity index (χ2n) is 4.76. The molecule has 0 amide bonds. The summed E-state index contributed by atoms with van der Waals surface area (Å²) in [5.41, 5.74) is 5.06. The van der Waals surface area contributed by atoms with Crippen LogP contribution in [-0.2, 0) is 19.9 Å². The van der Waals surface area contributed by atoms with Crippen molar-refractivity contribution in [3.8, 4) is 0 Å². The van der Waals surface area contributed by atoms with Gasteiger partial charge in [0.15, 0.2) is 0 Å². The summed E-state index contributed by atoms with van der Waals surface area (Å²) in [4.78, 5) is 0. The second kappa shape index (κ2) is 4.65. The van der Waals surface area contributed by atoms with Gasteiger partial charge in [-0.15, -0.1) is 0 Å². The van der Waals surface area contributed by atoms with Crippen molar-refractivity contribution < 1.29 is 0 Å². The first-order valence-corrected chi connectivity index (χ1v) is 6.64. The molecule has 0 unspecified atom stereocenters. The standard InChI is InChI=1S/C14H16ClN3/c1-18-14(12(15)9-17-18)8-10-4-5-13-11(7-10)3-2-6-16-13/h4-5,7,9,16H,2-3,6,8H2,1H3. The zero-order valence-electron chi connectivity index (χ0n) is 10.4. The van der Waals surface area contributed by atoms with Crippen LogP contribution in [0, 0.1) is 0 Å². The van der Waals surface area contributed by atoms with Gasteiger partial charge in [-0.1, -0.05) is 23.7 Å². The number of hydrogen-bond acceptors (Lipinski definition) is 2. The Morgan fingerprint density at radius 1 is 1.44 bits per heavy atom. The normalized spacial score (nSPS) is 14.1. The minimum atomic E-state index is 0.744. The van der Waals surface area contributed by atoms with Gasteiger partial charge in [-0.3, -0.25) is 4.68 Å². The van der Waals surface area contributed by atoms with Crippen LogP contribution >= 0.6 is 11.6 Å². The topological polar surface area (TPSA) is 29.9 Å². The largest absolute Gasteiger partial charge is 0.385 e. The van der Waals surface area contributed by atoms with Gasteiger partial charge in [-0.05, 0) is 30.0 Å². The van der Waals surface area contributed by atoms with Gasteiger partial charge in [0.1, 0.15) is 0 Å². The number of rotatable bonds is 2. The lowest BCUT2D eigenvalue weighted by atomic mass is 9.99. The van der Waals surface area contributed by atoms with E-state index in [0.717, 1.165) is 30.1 Å². The fraction of sp³-hybridized carbons (Fsp3) is 0.357. The average molecular weight is 262 g/mol. The van der Waals surface area contributed by atoms with Gasteiger partial charge >= 0.3 is 0 Å². The number of hydrogen-bond donors (Lipinski definition) is 1. The first-order chi connectivity index (χ1) is 8.74. The van der Waals surface area contributed by atoms with Crippen molar-refractivity contribution in [2.45, 2.75) is 19.3 Å². The minimum absolute atomic E-state index is 0.744. The van der Waals surface area contributed by atoms with E-state index in [0.29, 0.717) is 0 Å². The number of benzene rings is 1. The molecule has 1 aromatic heterocycles. The highest BCUT2D eigenvalue weighted by Gasteiger charge is 2.11. The Morgan fingerprint density at radius 3 is 3.11 bits per heavy atom. The first kappa shape index (κ1) is 11.6. The number of fused-ring (bicyclic) bond motifs is 1. The number of aryl methyl sites for hydroxylation is 2. The molecule has 1 aliphatic heterocycles. The maximum Gasteiger partial charge on any atom is 0.0821 e. The average Bonchev–Trinajstić information content (AvgIpc) is 2.70. The first-order valence-electron chi connectivity index (χ1n) is 6.26. The van der Waals surface area contributed by atoms with Crippen molar-refractivity contribution in [1.82, 2.24) is 9.78 Å². The molecule has 2 heterocycles. The van der Waals surface area contributed by atoms with Crippen LogP contribution in [0.3, 0.4) is 0 Å². The summed E-state index contributed by atoms with van der Waals surface area (Å²) in [6, 6.07) is 6.62. The highest BCUT2D eigenvalue weighted by atomic mass is 35.5. The third-order valence-corrected chi connectivity index (χ3v) is 3.81. The number of aromatic nitrogens is 2. The molecule has 0 saturated heterocycles. The Balaban J connectivity index is 1.89. The molecule has 1 aliphatic rings. The Kier molecular flexibility index (Phi) is 3.00. The molecule has 0 spiro atoms. The summed E-state index contributed by atoms with van der Waals surface area (Å²) in [6.07, 6.45) is 4.91. The van der Waals surface area contributed by atoms with E-state index >= 15 is 0 Å². The molecule has 0 fully saturated rings. The Morgan fingerprint density at radius 2 is 2.33 bits per heavy atom. The van der Waals surface area contributed by atoms with E-state index in [-0.39, 0.29) is 0 Å². The van der Waals surface area contributed by atoms with Gasteiger partial charge in [0, 0.05) is 25.7 Å². The summed E-state index contributed by atoms with van der Waals surface area (Å²) in [5.74, 6) is 0. The molecule has 94 valence electrons. The highest BCUT2D eigenvalue weighted by molar-refractivity contribution is 6.31. The van der Waals surface area contributed by atoms with Gasteiger partial charge < -0.3 is 5.32 Å². The number of halogens is 1. The summed E-state index contributed by atoms with van der Waals surface area (Å²) < 4.78 is 1.85. The maximum atomic E-state index is 6.14. The highest BCUT2D eigenvalue weighted by Crippen LogP contribution is 2.25. The number of anilines is 1. The van der Waals surface area contributed by atoms with Gasteiger partial charge in [0.05, 0.1) is 16.9 Å². The molecule has 18 heavy (non-hydrogen) atoms. The SMILES string of the molecule is Cn1ncc(Cl)c1Cc1ccc2c(c1)CCCN2. The predicted molar refractivity (Wildman–Crippen MR) is 74.3 cm³/mol. The van der Waals surface area contributed by atoms with Gasteiger partial charge in [0.2, 0.25) is 0 Å². The Labute approximate surface area is 112 Å². The molecule has 2 aromatic rings. The van der Waals surface area contributed by atoms with Crippen LogP contribution in [0.1, 0.15) is 23.2 Å². The van der Waals surface area contributed by atoms with Crippen LogP contribution in [0.25, 0.3) is 0 Å². The van der Waals surface area contributed by atoms with Crippen LogP contribution in [0.4, 0.5) is 5.69 Å². The van der Waals surface area contributed by atoms with E-state index in [4.69, 9.17) is 11.6 Å². The lowest BCUT2D eigenvalue weighted by Crippen LogP contribution is -2.12. The summed E-state index contributed by atoms with van der Waals surface area (Å²) in [6.45, 7) is 1.08. The van der Waals surface area contributed by atoms with Crippen molar-refractivity contribution in [1.29, 1.82) is 0 Å². The van der Waals surface area contributed by atoms with Gasteiger partial charge in [-0.25, -0.2) is 0 Å². The van der Waals surface area contributed by atoms with E-state index in [1.54, 1.807) is 6.20 Å². The van der Waals surface area contributed by atoms with Crippen LogP contribution < -0.4 is 5.32 Å². The second-order valence-corrected chi connectivity index (χ2v) is 5.17. The number of nitrogens with one attached hydrogen (secondary N) is 1. The van der Waals surface area contributed by atoms with E-state index in [9.17, 15) is 0 Å². The number of nitrogens with zero attached hydrogens (tertiary/aromatic N) is 2. The summed E-state index contributed by atoms with van der Waals surface area (Å²) >= 11 is 6.14. The minimum Gasteiger partial charge on any atom is -0.385 e. The fourth-order valence-corrected chi connectivity index (χ4v) is 2.70.